The van der Waals surface area contributed by atoms with Crippen LogP contribution < -0.4 is 5.32 Å². The van der Waals surface area contributed by atoms with E-state index < -0.39 is 5.97 Å². The van der Waals surface area contributed by atoms with Crippen molar-refractivity contribution in [1.29, 1.82) is 0 Å². The number of benzene rings is 1. The first-order valence-corrected chi connectivity index (χ1v) is 10.6. The average molecular weight is 450 g/mol. The number of thioether (sulfide) groups is 1. The molecule has 3 heterocycles. The second-order valence-corrected chi connectivity index (χ2v) is 7.33. The number of aromatic nitrogens is 3. The van der Waals surface area contributed by atoms with Crippen LogP contribution in [0.4, 0.5) is 5.69 Å². The zero-order chi connectivity index (χ0) is 22.3. The zero-order valence-corrected chi connectivity index (χ0v) is 17.8. The number of hydrogen-bond donors (Lipinski definition) is 1. The summed E-state index contributed by atoms with van der Waals surface area (Å²) in [4.78, 5) is 28.8. The van der Waals surface area contributed by atoms with Crippen LogP contribution in [0.15, 0.2) is 75.0 Å². The van der Waals surface area contributed by atoms with Crippen LogP contribution in [0.25, 0.3) is 22.9 Å². The number of rotatable bonds is 8. The van der Waals surface area contributed by atoms with Crippen LogP contribution in [0.3, 0.4) is 0 Å². The number of nitrogens with one attached hydrogen (secondary N) is 1. The molecule has 0 saturated heterocycles. The topological polar surface area (TPSA) is 120 Å². The van der Waals surface area contributed by atoms with E-state index >= 15 is 0 Å². The Labute approximate surface area is 187 Å². The molecule has 4 aromatic rings. The molecule has 0 aliphatic rings. The third-order valence-corrected chi connectivity index (χ3v) is 5.00. The number of ether oxygens (including phenoxy) is 1. The highest BCUT2D eigenvalue weighted by Gasteiger charge is 2.18. The Hall–Kier alpha value is -3.92. The quantitative estimate of drug-likeness (QED) is 0.309. The van der Waals surface area contributed by atoms with E-state index in [9.17, 15) is 9.59 Å². The van der Waals surface area contributed by atoms with E-state index in [0.29, 0.717) is 39.3 Å². The molecule has 0 fully saturated rings. The van der Waals surface area contributed by atoms with Gasteiger partial charge in [0.25, 0.3) is 0 Å². The summed E-state index contributed by atoms with van der Waals surface area (Å²) in [7, 11) is 0. The van der Waals surface area contributed by atoms with Gasteiger partial charge in [-0.05, 0) is 49.4 Å². The maximum Gasteiger partial charge on any atom is 0.338 e. The fourth-order valence-corrected chi connectivity index (χ4v) is 3.39. The second-order valence-electron chi connectivity index (χ2n) is 6.38. The Morgan fingerprint density at radius 3 is 2.44 bits per heavy atom. The standard InChI is InChI=1S/C22H18N4O5S/c1-2-29-21(28)14-6-3-7-15(12-14)23-18(27)13-32-22-24-19(16-8-4-10-30-16)20(25-26-22)17-9-5-11-31-17/h3-12H,2,13H2,1H3,(H,23,27). The number of amides is 1. The molecular weight excluding hydrogens is 432 g/mol. The van der Waals surface area contributed by atoms with Gasteiger partial charge in [-0.2, -0.15) is 0 Å². The van der Waals surface area contributed by atoms with Crippen LogP contribution in [0.5, 0.6) is 0 Å². The minimum atomic E-state index is -0.445. The molecule has 1 amide bonds. The lowest BCUT2D eigenvalue weighted by atomic mass is 10.2. The molecule has 0 aliphatic heterocycles. The molecule has 32 heavy (non-hydrogen) atoms. The lowest BCUT2D eigenvalue weighted by molar-refractivity contribution is -0.113. The van der Waals surface area contributed by atoms with Gasteiger partial charge >= 0.3 is 5.97 Å². The molecule has 0 bridgehead atoms. The Morgan fingerprint density at radius 1 is 1.00 bits per heavy atom. The van der Waals surface area contributed by atoms with Gasteiger partial charge in [0.1, 0.15) is 5.69 Å². The van der Waals surface area contributed by atoms with Crippen molar-refractivity contribution in [2.75, 3.05) is 17.7 Å². The lowest BCUT2D eigenvalue weighted by Crippen LogP contribution is -2.15. The predicted octanol–water partition coefficient (Wildman–Crippen LogP) is 4.30. The molecule has 10 heteroatoms. The molecular formula is C22H18N4O5S. The fraction of sp³-hybridized carbons (Fsp3) is 0.136. The molecule has 0 saturated carbocycles. The molecule has 0 aliphatic carbocycles. The number of nitrogens with zero attached hydrogens (tertiary/aromatic N) is 3. The van der Waals surface area contributed by atoms with Crippen molar-refractivity contribution >= 4 is 29.3 Å². The molecule has 0 spiro atoms. The second kappa shape index (κ2) is 9.92. The lowest BCUT2D eigenvalue weighted by Gasteiger charge is -2.08. The van der Waals surface area contributed by atoms with Gasteiger partial charge in [0.2, 0.25) is 11.1 Å². The first-order valence-electron chi connectivity index (χ1n) is 9.66. The van der Waals surface area contributed by atoms with Crippen molar-refractivity contribution < 1.29 is 23.2 Å². The Kier molecular flexibility index (Phi) is 6.61. The molecule has 0 radical (unpaired) electrons. The van der Waals surface area contributed by atoms with Crippen LogP contribution in [0, 0.1) is 0 Å². The van der Waals surface area contributed by atoms with Gasteiger partial charge in [-0.1, -0.05) is 17.8 Å². The number of hydrogen-bond acceptors (Lipinski definition) is 9. The summed E-state index contributed by atoms with van der Waals surface area (Å²) in [6.45, 7) is 2.01. The summed E-state index contributed by atoms with van der Waals surface area (Å²) in [5.74, 6) is 0.331. The molecule has 4 rings (SSSR count). The average Bonchev–Trinajstić information content (AvgIpc) is 3.52. The number of carbonyl (C=O) groups excluding carboxylic acids is 2. The highest BCUT2D eigenvalue weighted by molar-refractivity contribution is 7.99. The summed E-state index contributed by atoms with van der Waals surface area (Å²) in [5.41, 5.74) is 1.76. The first-order chi connectivity index (χ1) is 15.6. The van der Waals surface area contributed by atoms with Gasteiger partial charge < -0.3 is 18.9 Å². The minimum Gasteiger partial charge on any atom is -0.463 e. The van der Waals surface area contributed by atoms with Crippen LogP contribution >= 0.6 is 11.8 Å². The SMILES string of the molecule is CCOC(=O)c1cccc(NC(=O)CSc2nnc(-c3ccco3)c(-c3ccco3)n2)c1. The molecule has 3 aromatic heterocycles. The van der Waals surface area contributed by atoms with Gasteiger partial charge in [-0.25, -0.2) is 9.78 Å². The van der Waals surface area contributed by atoms with Gasteiger partial charge in [-0.3, -0.25) is 4.79 Å². The van der Waals surface area contributed by atoms with Crippen molar-refractivity contribution in [3.05, 3.63) is 66.6 Å². The predicted molar refractivity (Wildman–Crippen MR) is 117 cm³/mol. The monoisotopic (exact) mass is 450 g/mol. The van der Waals surface area contributed by atoms with Gasteiger partial charge in [0.05, 0.1) is 30.4 Å². The van der Waals surface area contributed by atoms with E-state index in [4.69, 9.17) is 13.6 Å². The smallest absolute Gasteiger partial charge is 0.338 e. The fourth-order valence-electron chi connectivity index (χ4n) is 2.80. The molecule has 9 nitrogen and oxygen atoms in total. The number of carbonyl (C=O) groups is 2. The first kappa shape index (κ1) is 21.3. The highest BCUT2D eigenvalue weighted by atomic mass is 32.2. The molecule has 0 atom stereocenters. The van der Waals surface area contributed by atoms with Crippen molar-refractivity contribution in [3.8, 4) is 22.9 Å². The van der Waals surface area contributed by atoms with Crippen LogP contribution in [-0.4, -0.2) is 39.4 Å². The normalized spacial score (nSPS) is 10.7. The molecule has 0 unspecified atom stereocenters. The van der Waals surface area contributed by atoms with E-state index in [2.05, 4.69) is 20.5 Å². The van der Waals surface area contributed by atoms with E-state index in [0.717, 1.165) is 11.8 Å². The Bertz CT molecular complexity index is 1210. The van der Waals surface area contributed by atoms with Gasteiger partial charge in [-0.15, -0.1) is 10.2 Å². The van der Waals surface area contributed by atoms with Crippen molar-refractivity contribution in [3.63, 3.8) is 0 Å². The van der Waals surface area contributed by atoms with Gasteiger partial charge in [0, 0.05) is 5.69 Å². The largest absolute Gasteiger partial charge is 0.463 e. The summed E-state index contributed by atoms with van der Waals surface area (Å²) in [5, 5.41) is 11.4. The van der Waals surface area contributed by atoms with E-state index in [1.54, 1.807) is 55.5 Å². The molecule has 1 aromatic carbocycles. The van der Waals surface area contributed by atoms with Crippen molar-refractivity contribution in [2.24, 2.45) is 0 Å². The maximum atomic E-state index is 12.4. The number of anilines is 1. The van der Waals surface area contributed by atoms with Crippen LogP contribution in [0.1, 0.15) is 17.3 Å². The minimum absolute atomic E-state index is 0.0447. The van der Waals surface area contributed by atoms with Gasteiger partial charge in [0.15, 0.2) is 17.2 Å². The van der Waals surface area contributed by atoms with E-state index in [1.807, 2.05) is 0 Å². The summed E-state index contributed by atoms with van der Waals surface area (Å²) < 4.78 is 15.9. The maximum absolute atomic E-state index is 12.4. The summed E-state index contributed by atoms with van der Waals surface area (Å²) in [6.07, 6.45) is 3.07. The summed E-state index contributed by atoms with van der Waals surface area (Å²) >= 11 is 1.12. The Morgan fingerprint density at radius 2 is 1.75 bits per heavy atom. The number of furan rings is 2. The van der Waals surface area contributed by atoms with E-state index in [1.165, 1.54) is 12.5 Å². The highest BCUT2D eigenvalue weighted by Crippen LogP contribution is 2.30. The zero-order valence-electron chi connectivity index (χ0n) is 17.0. The van der Waals surface area contributed by atoms with Crippen molar-refractivity contribution in [1.82, 2.24) is 15.2 Å². The Balaban J connectivity index is 1.45. The van der Waals surface area contributed by atoms with E-state index in [-0.39, 0.29) is 18.3 Å². The van der Waals surface area contributed by atoms with Crippen LogP contribution in [0.2, 0.25) is 0 Å². The third-order valence-electron chi connectivity index (χ3n) is 4.17. The third kappa shape index (κ3) is 5.03. The van der Waals surface area contributed by atoms with Crippen molar-refractivity contribution in [2.45, 2.75) is 12.1 Å². The van der Waals surface area contributed by atoms with Crippen LogP contribution in [-0.2, 0) is 9.53 Å². The molecule has 162 valence electrons. The number of esters is 1. The summed E-state index contributed by atoms with van der Waals surface area (Å²) in [6, 6.07) is 13.5. The molecule has 1 N–H and O–H groups in total.